The van der Waals surface area contributed by atoms with Crippen LogP contribution in [0.25, 0.3) is 10.2 Å². The maximum absolute atomic E-state index is 12.4. The lowest BCUT2D eigenvalue weighted by molar-refractivity contribution is 0.102. The number of nitrogens with zero attached hydrogens (tertiary/aromatic N) is 1. The number of nitrogens with two attached hydrogens (primary N) is 1. The van der Waals surface area contributed by atoms with Gasteiger partial charge in [0, 0.05) is 11.3 Å². The van der Waals surface area contributed by atoms with E-state index in [0.29, 0.717) is 32.8 Å². The Morgan fingerprint density at radius 2 is 1.96 bits per heavy atom. The molecule has 0 spiro atoms. The topological polar surface area (TPSA) is 80.0 Å². The molecule has 1 aromatic heterocycles. The summed E-state index contributed by atoms with van der Waals surface area (Å²) in [5.74, 6) is 5.63. The maximum Gasteiger partial charge on any atom is 0.255 e. The lowest BCUT2D eigenvalue weighted by Crippen LogP contribution is -2.11. The Morgan fingerprint density at radius 3 is 2.58 bits per heavy atom. The molecule has 1 heterocycles. The summed E-state index contributed by atoms with van der Waals surface area (Å²) in [7, 11) is 0. The highest BCUT2D eigenvalue weighted by molar-refractivity contribution is 7.22. The molecule has 0 saturated carbocycles. The standard InChI is InChI=1S/C17H17ClN4OS/c1-9(2)10-3-5-11(6-4-10)16(23)20-12-7-13(18)15-14(8-12)24-17(21-15)22-19/h3-9H,19H2,1-2H3,(H,20,23)(H,21,22). The Labute approximate surface area is 148 Å². The summed E-state index contributed by atoms with van der Waals surface area (Å²) in [6.07, 6.45) is 0. The highest BCUT2D eigenvalue weighted by atomic mass is 35.5. The molecule has 0 aliphatic rings. The van der Waals surface area contributed by atoms with E-state index in [1.807, 2.05) is 30.3 Å². The van der Waals surface area contributed by atoms with Crippen LogP contribution in [0.1, 0.15) is 35.7 Å². The van der Waals surface area contributed by atoms with Crippen molar-refractivity contribution in [1.82, 2.24) is 4.98 Å². The molecule has 0 fully saturated rings. The van der Waals surface area contributed by atoms with E-state index < -0.39 is 0 Å². The zero-order chi connectivity index (χ0) is 17.3. The van der Waals surface area contributed by atoms with Crippen molar-refractivity contribution in [2.45, 2.75) is 19.8 Å². The van der Waals surface area contributed by atoms with Crippen LogP contribution in [0.2, 0.25) is 5.02 Å². The summed E-state index contributed by atoms with van der Waals surface area (Å²) in [5.41, 5.74) is 5.59. The van der Waals surface area contributed by atoms with Gasteiger partial charge in [-0.3, -0.25) is 10.2 Å². The lowest BCUT2D eigenvalue weighted by Gasteiger charge is -2.08. The number of aromatic nitrogens is 1. The molecule has 0 unspecified atom stereocenters. The van der Waals surface area contributed by atoms with Crippen LogP contribution in [0.15, 0.2) is 36.4 Å². The normalized spacial score (nSPS) is 11.0. The van der Waals surface area contributed by atoms with Crippen molar-refractivity contribution < 1.29 is 4.79 Å². The minimum Gasteiger partial charge on any atom is -0.322 e. The number of carbonyl (C=O) groups is 1. The van der Waals surface area contributed by atoms with Crippen LogP contribution >= 0.6 is 22.9 Å². The van der Waals surface area contributed by atoms with E-state index in [0.717, 1.165) is 4.70 Å². The second-order valence-electron chi connectivity index (χ2n) is 5.70. The molecule has 5 nitrogen and oxygen atoms in total. The average Bonchev–Trinajstić information content (AvgIpc) is 2.98. The van der Waals surface area contributed by atoms with Crippen molar-refractivity contribution >= 4 is 49.9 Å². The summed E-state index contributed by atoms with van der Waals surface area (Å²) in [5, 5.41) is 3.91. The van der Waals surface area contributed by atoms with Gasteiger partial charge in [0.15, 0.2) is 5.13 Å². The van der Waals surface area contributed by atoms with Crippen molar-refractivity contribution in [2.75, 3.05) is 10.7 Å². The largest absolute Gasteiger partial charge is 0.322 e. The first-order valence-corrected chi connectivity index (χ1v) is 8.65. The smallest absolute Gasteiger partial charge is 0.255 e. The third kappa shape index (κ3) is 3.36. The van der Waals surface area contributed by atoms with Gasteiger partial charge in [-0.05, 0) is 35.7 Å². The fraction of sp³-hybridized carbons (Fsp3) is 0.176. The van der Waals surface area contributed by atoms with E-state index in [-0.39, 0.29) is 5.91 Å². The monoisotopic (exact) mass is 360 g/mol. The minimum absolute atomic E-state index is 0.178. The molecule has 0 aliphatic heterocycles. The van der Waals surface area contributed by atoms with Gasteiger partial charge in [0.25, 0.3) is 5.91 Å². The first-order valence-electron chi connectivity index (χ1n) is 7.46. The van der Waals surface area contributed by atoms with Crippen molar-refractivity contribution in [3.63, 3.8) is 0 Å². The molecule has 124 valence electrons. The Morgan fingerprint density at radius 1 is 1.25 bits per heavy atom. The van der Waals surface area contributed by atoms with Crippen LogP contribution in [0.4, 0.5) is 10.8 Å². The van der Waals surface area contributed by atoms with Crippen molar-refractivity contribution in [2.24, 2.45) is 5.84 Å². The van der Waals surface area contributed by atoms with Crippen LogP contribution in [-0.2, 0) is 0 Å². The van der Waals surface area contributed by atoms with Crippen LogP contribution < -0.4 is 16.6 Å². The molecule has 2 aromatic carbocycles. The Hall–Kier alpha value is -2.15. The predicted molar refractivity (Wildman–Crippen MR) is 101 cm³/mol. The van der Waals surface area contributed by atoms with Crippen molar-refractivity contribution in [3.8, 4) is 0 Å². The number of halogens is 1. The van der Waals surface area contributed by atoms with E-state index in [1.54, 1.807) is 6.07 Å². The fourth-order valence-electron chi connectivity index (χ4n) is 2.35. The molecule has 0 radical (unpaired) electrons. The van der Waals surface area contributed by atoms with E-state index in [9.17, 15) is 4.79 Å². The number of carbonyl (C=O) groups excluding carboxylic acids is 1. The van der Waals surface area contributed by atoms with E-state index >= 15 is 0 Å². The summed E-state index contributed by atoms with van der Waals surface area (Å²) in [6, 6.07) is 11.1. The fourth-order valence-corrected chi connectivity index (χ4v) is 3.51. The maximum atomic E-state index is 12.4. The Balaban J connectivity index is 1.84. The van der Waals surface area contributed by atoms with Gasteiger partial charge in [0.05, 0.1) is 9.72 Å². The number of hydrogen-bond acceptors (Lipinski definition) is 5. The van der Waals surface area contributed by atoms with Crippen molar-refractivity contribution in [3.05, 3.63) is 52.5 Å². The molecule has 0 aliphatic carbocycles. The van der Waals surface area contributed by atoms with Gasteiger partial charge in [-0.15, -0.1) is 0 Å². The number of anilines is 2. The number of benzene rings is 2. The molecular weight excluding hydrogens is 344 g/mol. The van der Waals surface area contributed by atoms with Gasteiger partial charge in [-0.1, -0.05) is 48.9 Å². The molecule has 1 amide bonds. The number of hydrogen-bond donors (Lipinski definition) is 3. The van der Waals surface area contributed by atoms with E-state index in [4.69, 9.17) is 17.4 Å². The highest BCUT2D eigenvalue weighted by Crippen LogP contribution is 2.33. The first-order chi connectivity index (χ1) is 11.5. The van der Waals surface area contributed by atoms with E-state index in [2.05, 4.69) is 29.6 Å². The third-order valence-corrected chi connectivity index (χ3v) is 4.89. The zero-order valence-corrected chi connectivity index (χ0v) is 14.8. The molecule has 7 heteroatoms. The Kier molecular flexibility index (Phi) is 4.71. The van der Waals surface area contributed by atoms with E-state index in [1.165, 1.54) is 16.9 Å². The number of rotatable bonds is 4. The molecule has 4 N–H and O–H groups in total. The average molecular weight is 361 g/mol. The van der Waals surface area contributed by atoms with Crippen LogP contribution in [0, 0.1) is 0 Å². The molecule has 3 aromatic rings. The summed E-state index contributed by atoms with van der Waals surface area (Å²) in [6.45, 7) is 4.23. The highest BCUT2D eigenvalue weighted by Gasteiger charge is 2.12. The van der Waals surface area contributed by atoms with Gasteiger partial charge < -0.3 is 5.32 Å². The van der Waals surface area contributed by atoms with Gasteiger partial charge in [-0.2, -0.15) is 0 Å². The predicted octanol–water partition coefficient (Wildman–Crippen LogP) is 4.61. The van der Waals surface area contributed by atoms with Crippen molar-refractivity contribution in [1.29, 1.82) is 0 Å². The molecule has 3 rings (SSSR count). The summed E-state index contributed by atoms with van der Waals surface area (Å²) >= 11 is 7.61. The lowest BCUT2D eigenvalue weighted by atomic mass is 10.0. The Bertz CT molecular complexity index is 889. The molecular formula is C17H17ClN4OS. The van der Waals surface area contributed by atoms with Crippen LogP contribution in [-0.4, -0.2) is 10.9 Å². The van der Waals surface area contributed by atoms with Gasteiger partial charge in [0.1, 0.15) is 5.52 Å². The summed E-state index contributed by atoms with van der Waals surface area (Å²) in [4.78, 5) is 16.7. The number of nitrogens with one attached hydrogen (secondary N) is 2. The van der Waals surface area contributed by atoms with Crippen LogP contribution in [0.5, 0.6) is 0 Å². The zero-order valence-electron chi connectivity index (χ0n) is 13.3. The minimum atomic E-state index is -0.178. The second-order valence-corrected chi connectivity index (χ2v) is 7.14. The number of fused-ring (bicyclic) bond motifs is 1. The van der Waals surface area contributed by atoms with Crippen LogP contribution in [0.3, 0.4) is 0 Å². The molecule has 0 saturated heterocycles. The third-order valence-electron chi connectivity index (χ3n) is 3.67. The van der Waals surface area contributed by atoms with Gasteiger partial charge in [0.2, 0.25) is 0 Å². The quantitative estimate of drug-likeness (QED) is 0.468. The SMILES string of the molecule is CC(C)c1ccc(C(=O)Nc2cc(Cl)c3nc(NN)sc3c2)cc1. The van der Waals surface area contributed by atoms with Gasteiger partial charge in [-0.25, -0.2) is 10.8 Å². The number of nitrogen functional groups attached to an aromatic ring is 1. The first kappa shape index (κ1) is 16.7. The molecule has 0 atom stereocenters. The second kappa shape index (κ2) is 6.76. The molecule has 0 bridgehead atoms. The summed E-state index contributed by atoms with van der Waals surface area (Å²) < 4.78 is 0.848. The number of thiazole rings is 1. The number of amides is 1. The number of hydrazine groups is 1. The van der Waals surface area contributed by atoms with Gasteiger partial charge >= 0.3 is 0 Å². The molecule has 24 heavy (non-hydrogen) atoms.